The van der Waals surface area contributed by atoms with Crippen molar-refractivity contribution in [2.45, 2.75) is 19.8 Å². The van der Waals surface area contributed by atoms with E-state index in [0.29, 0.717) is 0 Å². The molecule has 0 aliphatic heterocycles. The van der Waals surface area contributed by atoms with Gasteiger partial charge >= 0.3 is 0 Å². The Morgan fingerprint density at radius 1 is 1.17 bits per heavy atom. The maximum absolute atomic E-state index is 12.1. The number of halogens is 4. The van der Waals surface area contributed by atoms with Crippen molar-refractivity contribution < 1.29 is 17.6 Å². The topological polar surface area (TPSA) is 15.8 Å². The molecular formula is C7H7F4N. The van der Waals surface area contributed by atoms with E-state index in [2.05, 4.69) is 4.98 Å². The molecule has 0 aliphatic carbocycles. The molecule has 0 unspecified atom stereocenters. The van der Waals surface area contributed by atoms with Crippen LogP contribution in [0.2, 0.25) is 0 Å². The van der Waals surface area contributed by atoms with E-state index >= 15 is 0 Å². The predicted octanol–water partition coefficient (Wildman–Crippen LogP) is 3.20. The van der Waals surface area contributed by atoms with Crippen LogP contribution >= 0.6 is 0 Å². The highest BCUT2D eigenvalue weighted by Crippen LogP contribution is 2.31. The molecule has 0 amide bonds. The fraction of sp³-hybridized carbons (Fsp3) is 0.429. The van der Waals surface area contributed by atoms with Gasteiger partial charge in [0, 0.05) is 11.8 Å². The van der Waals surface area contributed by atoms with Crippen LogP contribution < -0.4 is 0 Å². The fourth-order valence-corrected chi connectivity index (χ4v) is 1.02. The van der Waals surface area contributed by atoms with Crippen LogP contribution in [0.3, 0.4) is 0 Å². The first-order valence-electron chi connectivity index (χ1n) is 3.28. The van der Waals surface area contributed by atoms with Crippen LogP contribution in [0.1, 0.15) is 29.7 Å². The quantitative estimate of drug-likeness (QED) is 0.674. The monoisotopic (exact) mass is 181 g/mol. The molecule has 5 heteroatoms. The Morgan fingerprint density at radius 2 is 1.75 bits per heavy atom. The molecule has 0 spiro atoms. The number of aryl methyl sites for hydroxylation is 1. The molecule has 1 rings (SSSR count). The molecule has 68 valence electrons. The summed E-state index contributed by atoms with van der Waals surface area (Å²) in [5, 5.41) is 0. The molecule has 0 aliphatic rings. The van der Waals surface area contributed by atoms with E-state index in [1.807, 2.05) is 0 Å². The van der Waals surface area contributed by atoms with Gasteiger partial charge in [0.1, 0.15) is 0 Å². The lowest BCUT2D eigenvalue weighted by molar-refractivity contribution is 0.121. The summed E-state index contributed by atoms with van der Waals surface area (Å²) in [6.45, 7) is 1.36. The lowest BCUT2D eigenvalue weighted by Crippen LogP contribution is -1.93. The Hall–Kier alpha value is -1.00. The van der Waals surface area contributed by atoms with Crippen molar-refractivity contribution in [1.29, 1.82) is 0 Å². The van der Waals surface area contributed by atoms with Gasteiger partial charge in [0.15, 0.2) is 0 Å². The summed E-state index contributed by atoms with van der Waals surface area (Å²) in [6, 6.07) is 0. The molecule has 0 saturated heterocycles. The van der Waals surface area contributed by atoms with Crippen LogP contribution in [-0.4, -0.2) is 4.98 Å². The van der Waals surface area contributed by atoms with Crippen LogP contribution in [0.25, 0.3) is 0 Å². The van der Waals surface area contributed by atoms with Gasteiger partial charge in [-0.05, 0) is 12.5 Å². The van der Waals surface area contributed by atoms with Crippen molar-refractivity contribution >= 4 is 0 Å². The summed E-state index contributed by atoms with van der Waals surface area (Å²) >= 11 is 0. The van der Waals surface area contributed by atoms with Gasteiger partial charge < -0.3 is 4.98 Å². The summed E-state index contributed by atoms with van der Waals surface area (Å²) in [5.41, 5.74) is -1.09. The minimum absolute atomic E-state index is 0.167. The zero-order valence-corrected chi connectivity index (χ0v) is 6.24. The molecule has 1 nitrogen and oxygen atoms in total. The van der Waals surface area contributed by atoms with E-state index in [9.17, 15) is 17.6 Å². The smallest absolute Gasteiger partial charge is 0.278 e. The maximum atomic E-state index is 12.1. The molecule has 0 radical (unpaired) electrons. The van der Waals surface area contributed by atoms with E-state index < -0.39 is 24.1 Å². The molecule has 0 saturated carbocycles. The number of H-pyrrole nitrogens is 1. The van der Waals surface area contributed by atoms with Crippen molar-refractivity contribution in [3.05, 3.63) is 23.0 Å². The van der Waals surface area contributed by atoms with Crippen molar-refractivity contribution in [3.8, 4) is 0 Å². The molecule has 1 aromatic rings. The Bertz CT molecular complexity index is 266. The first-order valence-corrected chi connectivity index (χ1v) is 3.28. The molecule has 1 N–H and O–H groups in total. The molecule has 0 aromatic carbocycles. The third kappa shape index (κ3) is 1.44. The van der Waals surface area contributed by atoms with Crippen LogP contribution in [0.4, 0.5) is 17.6 Å². The van der Waals surface area contributed by atoms with Gasteiger partial charge in [-0.25, -0.2) is 17.6 Å². The average molecular weight is 181 g/mol. The summed E-state index contributed by atoms with van der Waals surface area (Å²) < 4.78 is 48.3. The van der Waals surface area contributed by atoms with Crippen molar-refractivity contribution in [2.75, 3.05) is 0 Å². The highest BCUT2D eigenvalue weighted by molar-refractivity contribution is 5.31. The third-order valence-electron chi connectivity index (χ3n) is 1.60. The minimum atomic E-state index is -2.87. The second kappa shape index (κ2) is 3.16. The zero-order chi connectivity index (χ0) is 9.30. The lowest BCUT2D eigenvalue weighted by Gasteiger charge is -2.02. The summed E-state index contributed by atoms with van der Waals surface area (Å²) in [6.07, 6.45) is -4.56. The normalized spacial score (nSPS) is 11.6. The molecular weight excluding hydrogens is 174 g/mol. The van der Waals surface area contributed by atoms with Crippen LogP contribution in [0, 0.1) is 6.92 Å². The number of hydrogen-bond donors (Lipinski definition) is 1. The number of rotatable bonds is 2. The molecule has 12 heavy (non-hydrogen) atoms. The third-order valence-corrected chi connectivity index (χ3v) is 1.60. The van der Waals surface area contributed by atoms with E-state index in [-0.39, 0.29) is 5.56 Å². The number of alkyl halides is 4. The summed E-state index contributed by atoms with van der Waals surface area (Å²) in [4.78, 5) is 2.12. The first kappa shape index (κ1) is 9.09. The minimum Gasteiger partial charge on any atom is -0.360 e. The number of hydrogen-bond acceptors (Lipinski definition) is 0. The Balaban J connectivity index is 3.12. The van der Waals surface area contributed by atoms with E-state index in [1.54, 1.807) is 0 Å². The Labute approximate surface area is 66.4 Å². The SMILES string of the molecule is Cc1c[nH]c(C(F)F)c1C(F)F. The van der Waals surface area contributed by atoms with Gasteiger partial charge in [-0.3, -0.25) is 0 Å². The van der Waals surface area contributed by atoms with Gasteiger partial charge in [0.05, 0.1) is 5.69 Å². The van der Waals surface area contributed by atoms with Crippen LogP contribution in [-0.2, 0) is 0 Å². The van der Waals surface area contributed by atoms with Gasteiger partial charge in [-0.2, -0.15) is 0 Å². The Morgan fingerprint density at radius 3 is 2.08 bits per heavy atom. The molecule has 0 atom stereocenters. The number of aromatic nitrogens is 1. The number of nitrogens with one attached hydrogen (secondary N) is 1. The maximum Gasteiger partial charge on any atom is 0.278 e. The van der Waals surface area contributed by atoms with Crippen molar-refractivity contribution in [1.82, 2.24) is 4.98 Å². The highest BCUT2D eigenvalue weighted by atomic mass is 19.3. The largest absolute Gasteiger partial charge is 0.360 e. The molecule has 0 bridgehead atoms. The fourth-order valence-electron chi connectivity index (χ4n) is 1.02. The first-order chi connectivity index (χ1) is 5.54. The van der Waals surface area contributed by atoms with Gasteiger partial charge in [-0.1, -0.05) is 0 Å². The highest BCUT2D eigenvalue weighted by Gasteiger charge is 2.23. The summed E-state index contributed by atoms with van der Waals surface area (Å²) in [7, 11) is 0. The van der Waals surface area contributed by atoms with Crippen molar-refractivity contribution in [2.24, 2.45) is 0 Å². The summed E-state index contributed by atoms with van der Waals surface area (Å²) in [5.74, 6) is 0. The standard InChI is InChI=1S/C7H7F4N/c1-3-2-12-5(7(10)11)4(3)6(8)9/h2,6-7,12H,1H3. The van der Waals surface area contributed by atoms with Gasteiger partial charge in [0.25, 0.3) is 12.9 Å². The predicted molar refractivity (Wildman–Crippen MR) is 35.4 cm³/mol. The van der Waals surface area contributed by atoms with E-state index in [4.69, 9.17) is 0 Å². The van der Waals surface area contributed by atoms with Gasteiger partial charge in [-0.15, -0.1) is 0 Å². The van der Waals surface area contributed by atoms with E-state index in [1.165, 1.54) is 6.92 Å². The second-order valence-electron chi connectivity index (χ2n) is 2.40. The van der Waals surface area contributed by atoms with Crippen LogP contribution in [0.15, 0.2) is 6.20 Å². The van der Waals surface area contributed by atoms with Crippen molar-refractivity contribution in [3.63, 3.8) is 0 Å². The van der Waals surface area contributed by atoms with Crippen LogP contribution in [0.5, 0.6) is 0 Å². The molecule has 1 aromatic heterocycles. The average Bonchev–Trinajstić information content (AvgIpc) is 2.30. The zero-order valence-electron chi connectivity index (χ0n) is 6.24. The molecule has 0 fully saturated rings. The second-order valence-corrected chi connectivity index (χ2v) is 2.40. The lowest BCUT2D eigenvalue weighted by atomic mass is 10.2. The van der Waals surface area contributed by atoms with Gasteiger partial charge in [0.2, 0.25) is 0 Å². The Kier molecular flexibility index (Phi) is 2.40. The molecule has 1 heterocycles. The number of aromatic amines is 1. The van der Waals surface area contributed by atoms with E-state index in [0.717, 1.165) is 6.20 Å².